The minimum Gasteiger partial charge on any atom is -0.471 e. The number of ether oxygens (including phenoxy) is 1. The van der Waals surface area contributed by atoms with Crippen LogP contribution >= 0.6 is 0 Å². The summed E-state index contributed by atoms with van der Waals surface area (Å²) in [4.78, 5) is 3.71. The van der Waals surface area contributed by atoms with Crippen LogP contribution in [0.5, 0.6) is 5.88 Å². The number of nitrogens with two attached hydrogens (primary N) is 1. The van der Waals surface area contributed by atoms with Crippen LogP contribution in [-0.2, 0) is 0 Å². The number of rotatable bonds is 3. The topological polar surface area (TPSA) is 65.4 Å². The molecule has 0 aliphatic heterocycles. The van der Waals surface area contributed by atoms with E-state index in [0.717, 1.165) is 4.52 Å². The van der Waals surface area contributed by atoms with Crippen LogP contribution in [-0.4, -0.2) is 33.3 Å². The molecule has 2 N–H and O–H groups in total. The summed E-state index contributed by atoms with van der Waals surface area (Å²) in [7, 11) is 0. The number of aromatic nitrogens is 3. The molecule has 2 aromatic rings. The Hall–Kier alpha value is -2.13. The number of hydrogen-bond acceptors (Lipinski definition) is 4. The first-order valence-corrected chi connectivity index (χ1v) is 4.89. The zero-order valence-corrected chi connectivity index (χ0v) is 9.16. The van der Waals surface area contributed by atoms with Crippen LogP contribution < -0.4 is 10.5 Å². The van der Waals surface area contributed by atoms with Gasteiger partial charge in [0.2, 0.25) is 11.8 Å². The van der Waals surface area contributed by atoms with Crippen molar-refractivity contribution in [1.29, 1.82) is 0 Å². The maximum Gasteiger partial charge on any atom is 0.456 e. The summed E-state index contributed by atoms with van der Waals surface area (Å²) in [6, 6.07) is 3.98. The number of nitrogen functional groups attached to an aromatic ring is 1. The summed E-state index contributed by atoms with van der Waals surface area (Å²) >= 11 is 0. The fourth-order valence-corrected chi connectivity index (χ4v) is 1.25. The first-order valence-electron chi connectivity index (χ1n) is 4.89. The average Bonchev–Trinajstić information content (AvgIpc) is 2.65. The summed E-state index contributed by atoms with van der Waals surface area (Å²) in [6.45, 7) is -1.85. The van der Waals surface area contributed by atoms with Gasteiger partial charge < -0.3 is 10.5 Å². The molecule has 0 unspecified atom stereocenters. The van der Waals surface area contributed by atoms with Crippen molar-refractivity contribution in [2.24, 2.45) is 0 Å². The molecule has 2 rings (SSSR count). The highest BCUT2D eigenvalue weighted by atomic mass is 19.4. The predicted molar refractivity (Wildman–Crippen MR) is 53.9 cm³/mol. The smallest absolute Gasteiger partial charge is 0.456 e. The largest absolute Gasteiger partial charge is 0.471 e. The molecule has 10 heteroatoms. The lowest BCUT2D eigenvalue weighted by atomic mass is 10.3. The van der Waals surface area contributed by atoms with Crippen molar-refractivity contribution in [3.05, 3.63) is 18.2 Å². The van der Waals surface area contributed by atoms with E-state index >= 15 is 0 Å². The SMILES string of the molecule is Nc1nc2cccc(OCC(F)(F)C(F)(F)F)n2n1. The quantitative estimate of drug-likeness (QED) is 0.873. The summed E-state index contributed by atoms with van der Waals surface area (Å²) in [5.74, 6) is -5.43. The Balaban J connectivity index is 2.23. The van der Waals surface area contributed by atoms with Gasteiger partial charge in [0.25, 0.3) is 0 Å². The Morgan fingerprint density at radius 3 is 2.53 bits per heavy atom. The van der Waals surface area contributed by atoms with E-state index in [4.69, 9.17) is 5.73 Å². The van der Waals surface area contributed by atoms with Crippen molar-refractivity contribution in [2.75, 3.05) is 12.3 Å². The summed E-state index contributed by atoms with van der Waals surface area (Å²) in [5, 5.41) is 3.61. The van der Waals surface area contributed by atoms with Crippen molar-refractivity contribution in [2.45, 2.75) is 12.1 Å². The first-order chi connectivity index (χ1) is 8.71. The van der Waals surface area contributed by atoms with Crippen molar-refractivity contribution >= 4 is 11.6 Å². The average molecular weight is 282 g/mol. The molecule has 0 saturated carbocycles. The number of nitrogens with zero attached hydrogens (tertiary/aromatic N) is 3. The van der Waals surface area contributed by atoms with Gasteiger partial charge in [-0.15, -0.1) is 5.10 Å². The lowest BCUT2D eigenvalue weighted by molar-refractivity contribution is -0.290. The third kappa shape index (κ3) is 2.51. The fourth-order valence-electron chi connectivity index (χ4n) is 1.25. The number of pyridine rings is 1. The Labute approximate surface area is 102 Å². The normalized spacial score (nSPS) is 12.9. The number of alkyl halides is 5. The minimum absolute atomic E-state index is 0.154. The monoisotopic (exact) mass is 282 g/mol. The predicted octanol–water partition coefficient (Wildman–Crippen LogP) is 1.89. The maximum absolute atomic E-state index is 12.7. The van der Waals surface area contributed by atoms with E-state index in [9.17, 15) is 22.0 Å². The van der Waals surface area contributed by atoms with E-state index < -0.39 is 18.7 Å². The molecule has 2 heterocycles. The number of anilines is 1. The minimum atomic E-state index is -5.68. The highest BCUT2D eigenvalue weighted by Gasteiger charge is 2.58. The molecule has 0 aliphatic rings. The van der Waals surface area contributed by atoms with Crippen molar-refractivity contribution in [3.63, 3.8) is 0 Å². The zero-order chi connectivity index (χ0) is 14.3. The van der Waals surface area contributed by atoms with E-state index in [1.165, 1.54) is 18.2 Å². The Morgan fingerprint density at radius 1 is 1.21 bits per heavy atom. The van der Waals surface area contributed by atoms with Gasteiger partial charge in [-0.3, -0.25) is 0 Å². The van der Waals surface area contributed by atoms with Crippen LogP contribution in [0.4, 0.5) is 27.9 Å². The Morgan fingerprint density at radius 2 is 1.89 bits per heavy atom. The molecule has 0 bridgehead atoms. The number of fused-ring (bicyclic) bond motifs is 1. The molecule has 0 radical (unpaired) electrons. The second-order valence-corrected chi connectivity index (χ2v) is 3.59. The molecule has 5 nitrogen and oxygen atoms in total. The molecule has 0 saturated heterocycles. The van der Waals surface area contributed by atoms with Gasteiger partial charge in [0.15, 0.2) is 12.3 Å². The number of hydrogen-bond donors (Lipinski definition) is 1. The molecule has 0 amide bonds. The van der Waals surface area contributed by atoms with Gasteiger partial charge >= 0.3 is 12.1 Å². The van der Waals surface area contributed by atoms with Crippen LogP contribution in [0.25, 0.3) is 5.65 Å². The molecule has 0 aliphatic carbocycles. The van der Waals surface area contributed by atoms with Crippen LogP contribution in [0.3, 0.4) is 0 Å². The van der Waals surface area contributed by atoms with E-state index in [2.05, 4.69) is 14.8 Å². The van der Waals surface area contributed by atoms with Gasteiger partial charge in [-0.2, -0.15) is 31.5 Å². The molecule has 0 atom stereocenters. The second-order valence-electron chi connectivity index (χ2n) is 3.59. The second kappa shape index (κ2) is 4.21. The first kappa shape index (κ1) is 13.3. The summed E-state index contributed by atoms with van der Waals surface area (Å²) < 4.78 is 66.7. The maximum atomic E-state index is 12.7. The van der Waals surface area contributed by atoms with E-state index in [0.29, 0.717) is 0 Å². The zero-order valence-electron chi connectivity index (χ0n) is 9.16. The fraction of sp³-hybridized carbons (Fsp3) is 0.333. The number of halogens is 5. The van der Waals surface area contributed by atoms with Crippen LogP contribution in [0.2, 0.25) is 0 Å². The van der Waals surface area contributed by atoms with Gasteiger partial charge in [0, 0.05) is 6.07 Å². The standard InChI is InChI=1S/C9H7F5N4O/c10-8(11,9(12,13)14)4-19-6-3-1-2-5-16-7(15)17-18(5)6/h1-3H,4H2,(H2,15,17). The van der Waals surface area contributed by atoms with Crippen molar-refractivity contribution in [1.82, 2.24) is 14.6 Å². The third-order valence-electron chi connectivity index (χ3n) is 2.16. The molecule has 104 valence electrons. The lowest BCUT2D eigenvalue weighted by Crippen LogP contribution is -2.42. The highest BCUT2D eigenvalue weighted by molar-refractivity contribution is 5.44. The van der Waals surface area contributed by atoms with Gasteiger partial charge in [-0.1, -0.05) is 6.07 Å². The van der Waals surface area contributed by atoms with E-state index in [1.807, 2.05) is 0 Å². The van der Waals surface area contributed by atoms with Crippen LogP contribution in [0.1, 0.15) is 0 Å². The molecule has 0 spiro atoms. The summed E-state index contributed by atoms with van der Waals surface area (Å²) in [5.41, 5.74) is 5.46. The van der Waals surface area contributed by atoms with Gasteiger partial charge in [-0.25, -0.2) is 0 Å². The molecular formula is C9H7F5N4O. The van der Waals surface area contributed by atoms with Gasteiger partial charge in [-0.05, 0) is 6.07 Å². The highest BCUT2D eigenvalue weighted by Crippen LogP contribution is 2.35. The summed E-state index contributed by atoms with van der Waals surface area (Å²) in [6.07, 6.45) is -5.68. The lowest BCUT2D eigenvalue weighted by Gasteiger charge is -2.19. The molecular weight excluding hydrogens is 275 g/mol. The third-order valence-corrected chi connectivity index (χ3v) is 2.16. The van der Waals surface area contributed by atoms with Crippen LogP contribution in [0, 0.1) is 0 Å². The molecule has 19 heavy (non-hydrogen) atoms. The Bertz CT molecular complexity index is 594. The van der Waals surface area contributed by atoms with Crippen molar-refractivity contribution < 1.29 is 26.7 Å². The van der Waals surface area contributed by atoms with E-state index in [1.54, 1.807) is 0 Å². The van der Waals surface area contributed by atoms with Gasteiger partial charge in [0.05, 0.1) is 0 Å². The molecule has 0 fully saturated rings. The van der Waals surface area contributed by atoms with Crippen LogP contribution in [0.15, 0.2) is 18.2 Å². The van der Waals surface area contributed by atoms with Gasteiger partial charge in [0.1, 0.15) is 0 Å². The molecule has 2 aromatic heterocycles. The van der Waals surface area contributed by atoms with Crippen molar-refractivity contribution in [3.8, 4) is 5.88 Å². The molecule has 0 aromatic carbocycles. The Kier molecular flexibility index (Phi) is 2.95. The van der Waals surface area contributed by atoms with E-state index in [-0.39, 0.29) is 17.5 Å².